The number of fused-ring (bicyclic) bond motifs is 1. The van der Waals surface area contributed by atoms with E-state index >= 15 is 0 Å². The number of rotatable bonds is 6. The normalized spacial score (nSPS) is 16.8. The molecule has 0 aromatic heterocycles. The van der Waals surface area contributed by atoms with Crippen molar-refractivity contribution < 1.29 is 14.6 Å². The molecule has 1 heterocycles. The molecule has 5 nitrogen and oxygen atoms in total. The lowest BCUT2D eigenvalue weighted by atomic mass is 10.1. The topological polar surface area (TPSA) is 70.6 Å². The molecule has 0 aliphatic carbocycles. The molecular weight excluding hydrogens is 244 g/mol. The Hall–Kier alpha value is -1.75. The Morgan fingerprint density at radius 1 is 1.47 bits per heavy atom. The number of hydrogen-bond donors (Lipinski definition) is 3. The molecule has 1 aromatic carbocycles. The van der Waals surface area contributed by atoms with E-state index in [9.17, 15) is 9.90 Å². The predicted octanol–water partition coefficient (Wildman–Crippen LogP) is 1.33. The number of hydrogen-bond acceptors (Lipinski definition) is 4. The minimum absolute atomic E-state index is 0.0687. The largest absolute Gasteiger partial charge is 0.508 e. The molecule has 0 saturated heterocycles. The van der Waals surface area contributed by atoms with Crippen LogP contribution in [-0.4, -0.2) is 30.7 Å². The highest BCUT2D eigenvalue weighted by Gasteiger charge is 2.23. The molecule has 0 fully saturated rings. The Balaban J connectivity index is 1.78. The Morgan fingerprint density at radius 2 is 2.32 bits per heavy atom. The number of carbonyl (C=O) groups is 1. The van der Waals surface area contributed by atoms with Crippen molar-refractivity contribution in [1.82, 2.24) is 10.6 Å². The second-order valence-electron chi connectivity index (χ2n) is 4.64. The van der Waals surface area contributed by atoms with Crippen molar-refractivity contribution in [2.45, 2.75) is 25.8 Å². The van der Waals surface area contributed by atoms with Crippen LogP contribution in [0.2, 0.25) is 0 Å². The summed E-state index contributed by atoms with van der Waals surface area (Å²) in [5.74, 6) is 0.991. The molecule has 1 aliphatic rings. The second kappa shape index (κ2) is 6.43. The zero-order valence-electron chi connectivity index (χ0n) is 11.1. The van der Waals surface area contributed by atoms with Gasteiger partial charge in [-0.3, -0.25) is 4.79 Å². The van der Waals surface area contributed by atoms with E-state index in [1.54, 1.807) is 12.1 Å². The smallest absolute Gasteiger partial charge is 0.221 e. The van der Waals surface area contributed by atoms with Gasteiger partial charge in [0.2, 0.25) is 5.91 Å². The van der Waals surface area contributed by atoms with Crippen LogP contribution in [0.25, 0.3) is 0 Å². The van der Waals surface area contributed by atoms with Gasteiger partial charge in [-0.15, -0.1) is 0 Å². The van der Waals surface area contributed by atoms with E-state index in [1.165, 1.54) is 0 Å². The zero-order valence-corrected chi connectivity index (χ0v) is 11.1. The number of nitrogens with one attached hydrogen (secondary N) is 2. The second-order valence-corrected chi connectivity index (χ2v) is 4.64. The third kappa shape index (κ3) is 3.61. The zero-order chi connectivity index (χ0) is 13.7. The summed E-state index contributed by atoms with van der Waals surface area (Å²) in [7, 11) is 0. The molecule has 0 spiro atoms. The Morgan fingerprint density at radius 3 is 3.11 bits per heavy atom. The maximum Gasteiger partial charge on any atom is 0.221 e. The van der Waals surface area contributed by atoms with Crippen LogP contribution in [0.1, 0.15) is 31.4 Å². The van der Waals surface area contributed by atoms with Gasteiger partial charge in [0.25, 0.3) is 0 Å². The molecule has 104 valence electrons. The lowest BCUT2D eigenvalue weighted by Crippen LogP contribution is -2.30. The number of ether oxygens (including phenoxy) is 1. The van der Waals surface area contributed by atoms with Crippen LogP contribution in [0.5, 0.6) is 11.5 Å². The monoisotopic (exact) mass is 264 g/mol. The number of aromatic hydroxyl groups is 1. The molecule has 1 atom stereocenters. The minimum atomic E-state index is 0.0687. The van der Waals surface area contributed by atoms with Crippen LogP contribution in [0.15, 0.2) is 18.2 Å². The van der Waals surface area contributed by atoms with Crippen molar-refractivity contribution >= 4 is 5.91 Å². The summed E-state index contributed by atoms with van der Waals surface area (Å²) < 4.78 is 5.49. The summed E-state index contributed by atoms with van der Waals surface area (Å²) in [5.41, 5.74) is 1.03. The number of phenols is 1. The maximum atomic E-state index is 11.5. The van der Waals surface area contributed by atoms with Gasteiger partial charge in [0.1, 0.15) is 18.1 Å². The molecule has 0 saturated carbocycles. The number of benzene rings is 1. The van der Waals surface area contributed by atoms with Gasteiger partial charge in [0, 0.05) is 31.1 Å². The standard InChI is InChI=1S/C14H20N2O3/c1-2-6-16-14(18)5-7-15-12-9-19-13-8-10(17)3-4-11(12)13/h3-4,8,12,15,17H,2,5-7,9H2,1H3,(H,16,18). The van der Waals surface area contributed by atoms with Crippen LogP contribution >= 0.6 is 0 Å². The van der Waals surface area contributed by atoms with Crippen LogP contribution in [0.4, 0.5) is 0 Å². The SMILES string of the molecule is CCCNC(=O)CCNC1COc2cc(O)ccc21. The molecule has 1 unspecified atom stereocenters. The fourth-order valence-electron chi connectivity index (χ4n) is 2.08. The van der Waals surface area contributed by atoms with Crippen molar-refractivity contribution in [3.8, 4) is 11.5 Å². The van der Waals surface area contributed by atoms with Gasteiger partial charge in [-0.05, 0) is 18.6 Å². The van der Waals surface area contributed by atoms with Gasteiger partial charge in [-0.25, -0.2) is 0 Å². The molecule has 1 amide bonds. The molecule has 0 radical (unpaired) electrons. The average Bonchev–Trinajstić information content (AvgIpc) is 2.79. The molecule has 2 rings (SSSR count). The fraction of sp³-hybridized carbons (Fsp3) is 0.500. The van der Waals surface area contributed by atoms with Crippen LogP contribution in [0.3, 0.4) is 0 Å². The van der Waals surface area contributed by atoms with Gasteiger partial charge in [-0.2, -0.15) is 0 Å². The molecular formula is C14H20N2O3. The van der Waals surface area contributed by atoms with Crippen molar-refractivity contribution in [3.05, 3.63) is 23.8 Å². The van der Waals surface area contributed by atoms with Gasteiger partial charge in [-0.1, -0.05) is 6.92 Å². The maximum absolute atomic E-state index is 11.5. The van der Waals surface area contributed by atoms with Gasteiger partial charge < -0.3 is 20.5 Å². The summed E-state index contributed by atoms with van der Waals surface area (Å²) in [6.07, 6.45) is 1.41. The first kappa shape index (κ1) is 13.7. The van der Waals surface area contributed by atoms with Gasteiger partial charge >= 0.3 is 0 Å². The van der Waals surface area contributed by atoms with E-state index in [1.807, 2.05) is 13.0 Å². The summed E-state index contributed by atoms with van der Waals surface area (Å²) in [6.45, 7) is 3.91. The number of carbonyl (C=O) groups excluding carboxylic acids is 1. The van der Waals surface area contributed by atoms with E-state index in [4.69, 9.17) is 4.74 Å². The Bertz CT molecular complexity index is 448. The van der Waals surface area contributed by atoms with Crippen LogP contribution in [-0.2, 0) is 4.79 Å². The first-order valence-electron chi connectivity index (χ1n) is 6.66. The molecule has 1 aliphatic heterocycles. The average molecular weight is 264 g/mol. The van der Waals surface area contributed by atoms with Crippen molar-refractivity contribution in [2.24, 2.45) is 0 Å². The molecule has 1 aromatic rings. The third-order valence-corrected chi connectivity index (χ3v) is 3.09. The predicted molar refractivity (Wildman–Crippen MR) is 72.3 cm³/mol. The molecule has 3 N–H and O–H groups in total. The fourth-order valence-corrected chi connectivity index (χ4v) is 2.08. The van der Waals surface area contributed by atoms with E-state index in [0.717, 1.165) is 18.5 Å². The Labute approximate surface area is 113 Å². The Kier molecular flexibility index (Phi) is 4.63. The molecule has 5 heteroatoms. The summed E-state index contributed by atoms with van der Waals surface area (Å²) in [5, 5.41) is 15.5. The van der Waals surface area contributed by atoms with Gasteiger partial charge in [0.15, 0.2) is 0 Å². The summed E-state index contributed by atoms with van der Waals surface area (Å²) >= 11 is 0. The quantitative estimate of drug-likeness (QED) is 0.725. The van der Waals surface area contributed by atoms with Crippen molar-refractivity contribution in [1.29, 1.82) is 0 Å². The van der Waals surface area contributed by atoms with E-state index < -0.39 is 0 Å². The lowest BCUT2D eigenvalue weighted by molar-refractivity contribution is -0.121. The highest BCUT2D eigenvalue weighted by atomic mass is 16.5. The van der Waals surface area contributed by atoms with E-state index in [-0.39, 0.29) is 17.7 Å². The summed E-state index contributed by atoms with van der Waals surface area (Å²) in [6, 6.07) is 5.21. The van der Waals surface area contributed by atoms with Gasteiger partial charge in [0.05, 0.1) is 6.04 Å². The highest BCUT2D eigenvalue weighted by Crippen LogP contribution is 2.34. The third-order valence-electron chi connectivity index (χ3n) is 3.09. The van der Waals surface area contributed by atoms with E-state index in [0.29, 0.717) is 25.3 Å². The lowest BCUT2D eigenvalue weighted by Gasteiger charge is -2.11. The first-order chi connectivity index (χ1) is 9.20. The number of amides is 1. The van der Waals surface area contributed by atoms with Crippen molar-refractivity contribution in [2.75, 3.05) is 19.7 Å². The minimum Gasteiger partial charge on any atom is -0.508 e. The first-order valence-corrected chi connectivity index (χ1v) is 6.66. The molecule has 0 bridgehead atoms. The van der Waals surface area contributed by atoms with Crippen LogP contribution < -0.4 is 15.4 Å². The highest BCUT2D eigenvalue weighted by molar-refractivity contribution is 5.76. The van der Waals surface area contributed by atoms with Crippen molar-refractivity contribution in [3.63, 3.8) is 0 Å². The molecule has 19 heavy (non-hydrogen) atoms. The van der Waals surface area contributed by atoms with Crippen LogP contribution in [0, 0.1) is 0 Å². The summed E-state index contributed by atoms with van der Waals surface area (Å²) in [4.78, 5) is 11.5. The van der Waals surface area contributed by atoms with E-state index in [2.05, 4.69) is 10.6 Å². The number of phenolic OH excluding ortho intramolecular Hbond substituents is 1.